The van der Waals surface area contributed by atoms with Crippen LogP contribution in [0.3, 0.4) is 0 Å². The largest absolute Gasteiger partial charge is 0.506 e. The molecule has 0 fully saturated rings. The molecule has 0 saturated carbocycles. The third kappa shape index (κ3) is 1.77. The van der Waals surface area contributed by atoms with Gasteiger partial charge in [-0.2, -0.15) is 0 Å². The number of carbonyl (C=O) groups is 1. The van der Waals surface area contributed by atoms with Gasteiger partial charge >= 0.3 is 0 Å². The Bertz CT molecular complexity index is 361. The average Bonchev–Trinajstić information content (AvgIpc) is 2.07. The molecule has 1 aromatic rings. The lowest BCUT2D eigenvalue weighted by atomic mass is 10.2. The fourth-order valence-corrected chi connectivity index (χ4v) is 0.745. The van der Waals surface area contributed by atoms with Crippen LogP contribution in [0.4, 0.5) is 5.69 Å². The van der Waals surface area contributed by atoms with Gasteiger partial charge in [-0.15, -0.1) is 0 Å². The maximum absolute atomic E-state index is 9.88. The predicted octanol–water partition coefficient (Wildman–Crippen LogP) is 0.525. The van der Waals surface area contributed by atoms with Crippen molar-refractivity contribution in [2.45, 2.75) is 0 Å². The van der Waals surface area contributed by atoms with Gasteiger partial charge in [0.05, 0.1) is 5.69 Å². The number of phenols is 1. The van der Waals surface area contributed by atoms with E-state index in [1.165, 1.54) is 12.1 Å². The van der Waals surface area contributed by atoms with E-state index in [4.69, 9.17) is 10.8 Å². The number of hydrogen-bond acceptors (Lipinski definition) is 3. The van der Waals surface area contributed by atoms with Crippen molar-refractivity contribution in [1.82, 2.24) is 0 Å². The molecule has 0 aliphatic rings. The summed E-state index contributed by atoms with van der Waals surface area (Å²) in [5.74, 6) is 4.82. The summed E-state index contributed by atoms with van der Waals surface area (Å²) in [5, 5.41) is 9.03. The summed E-state index contributed by atoms with van der Waals surface area (Å²) in [5.41, 5.74) is 6.25. The van der Waals surface area contributed by atoms with Crippen molar-refractivity contribution < 1.29 is 9.90 Å². The Balaban J connectivity index is 3.04. The number of nitrogens with two attached hydrogens (primary N) is 1. The zero-order valence-corrected chi connectivity index (χ0v) is 6.24. The van der Waals surface area contributed by atoms with E-state index in [9.17, 15) is 4.79 Å². The highest BCUT2D eigenvalue weighted by atomic mass is 16.3. The number of aromatic hydroxyl groups is 1. The highest BCUT2D eigenvalue weighted by Gasteiger charge is 1.94. The van der Waals surface area contributed by atoms with Crippen LogP contribution in [0.2, 0.25) is 0 Å². The Kier molecular flexibility index (Phi) is 2.34. The first kappa shape index (κ1) is 8.15. The lowest BCUT2D eigenvalue weighted by Gasteiger charge is -1.96. The second-order valence-corrected chi connectivity index (χ2v) is 2.16. The number of nitrogen functional groups attached to an aromatic ring is 1. The second kappa shape index (κ2) is 3.44. The first-order chi connectivity index (χ1) is 5.74. The Morgan fingerprint density at radius 3 is 2.83 bits per heavy atom. The Labute approximate surface area is 69.8 Å². The Morgan fingerprint density at radius 1 is 1.50 bits per heavy atom. The Hall–Kier alpha value is -1.95. The summed E-state index contributed by atoms with van der Waals surface area (Å²) in [7, 11) is 0. The van der Waals surface area contributed by atoms with Crippen molar-refractivity contribution in [3.63, 3.8) is 0 Å². The van der Waals surface area contributed by atoms with E-state index in [1.54, 1.807) is 6.07 Å². The minimum Gasteiger partial charge on any atom is -0.506 e. The van der Waals surface area contributed by atoms with Gasteiger partial charge in [-0.3, -0.25) is 4.79 Å². The van der Waals surface area contributed by atoms with Gasteiger partial charge in [-0.05, 0) is 24.1 Å². The lowest BCUT2D eigenvalue weighted by Crippen LogP contribution is -1.86. The summed E-state index contributed by atoms with van der Waals surface area (Å²) in [6, 6.07) is 4.53. The molecule has 0 aliphatic carbocycles. The van der Waals surface area contributed by atoms with Crippen LogP contribution in [-0.2, 0) is 4.79 Å². The standard InChI is InChI=1S/C9H7NO2/c10-8-6-7(2-1-5-11)3-4-9(8)12/h3-6,12H,10H2. The summed E-state index contributed by atoms with van der Waals surface area (Å²) in [6.45, 7) is 0. The molecule has 1 rings (SSSR count). The smallest absolute Gasteiger partial charge is 0.193 e. The first-order valence-electron chi connectivity index (χ1n) is 3.27. The molecule has 0 spiro atoms. The van der Waals surface area contributed by atoms with E-state index in [0.717, 1.165) is 0 Å². The van der Waals surface area contributed by atoms with Crippen LogP contribution >= 0.6 is 0 Å². The van der Waals surface area contributed by atoms with Crippen LogP contribution in [0.5, 0.6) is 5.75 Å². The monoisotopic (exact) mass is 161 g/mol. The fourth-order valence-electron chi connectivity index (χ4n) is 0.745. The molecule has 0 radical (unpaired) electrons. The summed E-state index contributed by atoms with van der Waals surface area (Å²) in [4.78, 5) is 9.88. The minimum atomic E-state index is 0.0200. The van der Waals surface area contributed by atoms with Gasteiger partial charge in [0.15, 0.2) is 6.29 Å². The van der Waals surface area contributed by atoms with Crippen molar-refractivity contribution in [3.8, 4) is 17.6 Å². The third-order valence-electron chi connectivity index (χ3n) is 1.30. The molecule has 0 aliphatic heterocycles. The minimum absolute atomic E-state index is 0.0200. The summed E-state index contributed by atoms with van der Waals surface area (Å²) >= 11 is 0. The zero-order chi connectivity index (χ0) is 8.97. The van der Waals surface area contributed by atoms with E-state index in [2.05, 4.69) is 11.8 Å². The van der Waals surface area contributed by atoms with Crippen LogP contribution in [-0.4, -0.2) is 11.4 Å². The maximum atomic E-state index is 9.88. The number of hydrogen-bond donors (Lipinski definition) is 2. The maximum Gasteiger partial charge on any atom is 0.193 e. The van der Waals surface area contributed by atoms with Crippen LogP contribution in [0.15, 0.2) is 18.2 Å². The number of aldehydes is 1. The number of anilines is 1. The molecule has 0 unspecified atom stereocenters. The molecule has 0 aromatic heterocycles. The molecule has 3 nitrogen and oxygen atoms in total. The first-order valence-corrected chi connectivity index (χ1v) is 3.27. The quantitative estimate of drug-likeness (QED) is 0.252. The summed E-state index contributed by atoms with van der Waals surface area (Å²) < 4.78 is 0. The highest BCUT2D eigenvalue weighted by molar-refractivity contribution is 5.74. The third-order valence-corrected chi connectivity index (χ3v) is 1.30. The topological polar surface area (TPSA) is 63.3 Å². The van der Waals surface area contributed by atoms with Crippen LogP contribution in [0.1, 0.15) is 5.56 Å². The van der Waals surface area contributed by atoms with Crippen LogP contribution in [0, 0.1) is 11.8 Å². The van der Waals surface area contributed by atoms with Crippen molar-refractivity contribution >= 4 is 12.0 Å². The second-order valence-electron chi connectivity index (χ2n) is 2.16. The van der Waals surface area contributed by atoms with Crippen LogP contribution < -0.4 is 5.73 Å². The fraction of sp³-hybridized carbons (Fsp3) is 0. The molecule has 12 heavy (non-hydrogen) atoms. The average molecular weight is 161 g/mol. The molecular weight excluding hydrogens is 154 g/mol. The van der Waals surface area contributed by atoms with E-state index in [-0.39, 0.29) is 11.4 Å². The molecule has 0 amide bonds. The van der Waals surface area contributed by atoms with E-state index < -0.39 is 0 Å². The SMILES string of the molecule is Nc1cc(C#CC=O)ccc1O. The molecule has 0 saturated heterocycles. The van der Waals surface area contributed by atoms with Crippen molar-refractivity contribution in [2.24, 2.45) is 0 Å². The molecule has 60 valence electrons. The van der Waals surface area contributed by atoms with Gasteiger partial charge < -0.3 is 10.8 Å². The van der Waals surface area contributed by atoms with Crippen LogP contribution in [0.25, 0.3) is 0 Å². The van der Waals surface area contributed by atoms with E-state index in [0.29, 0.717) is 11.8 Å². The van der Waals surface area contributed by atoms with Gasteiger partial charge in [0.1, 0.15) is 5.75 Å². The predicted molar refractivity (Wildman–Crippen MR) is 45.5 cm³/mol. The molecule has 3 heteroatoms. The number of carbonyl (C=O) groups excluding carboxylic acids is 1. The van der Waals surface area contributed by atoms with E-state index >= 15 is 0 Å². The van der Waals surface area contributed by atoms with Crippen molar-refractivity contribution in [3.05, 3.63) is 23.8 Å². The number of benzene rings is 1. The van der Waals surface area contributed by atoms with Gasteiger partial charge in [0.25, 0.3) is 0 Å². The molecule has 3 N–H and O–H groups in total. The molecule has 0 heterocycles. The van der Waals surface area contributed by atoms with E-state index in [1.807, 2.05) is 0 Å². The highest BCUT2D eigenvalue weighted by Crippen LogP contribution is 2.19. The van der Waals surface area contributed by atoms with Gasteiger partial charge in [-0.1, -0.05) is 5.92 Å². The van der Waals surface area contributed by atoms with Crippen molar-refractivity contribution in [2.75, 3.05) is 5.73 Å². The Morgan fingerprint density at radius 2 is 2.25 bits per heavy atom. The van der Waals surface area contributed by atoms with Gasteiger partial charge in [0, 0.05) is 5.56 Å². The molecular formula is C9H7NO2. The normalized spacial score (nSPS) is 8.33. The molecule has 0 bridgehead atoms. The number of rotatable bonds is 0. The lowest BCUT2D eigenvalue weighted by molar-refractivity contribution is -0.103. The van der Waals surface area contributed by atoms with Crippen molar-refractivity contribution in [1.29, 1.82) is 0 Å². The number of phenolic OH excluding ortho intramolecular Hbond substituents is 1. The molecule has 0 atom stereocenters. The summed E-state index contributed by atoms with van der Waals surface area (Å²) in [6.07, 6.45) is 0.503. The van der Waals surface area contributed by atoms with Gasteiger partial charge in [0.2, 0.25) is 0 Å². The van der Waals surface area contributed by atoms with Gasteiger partial charge in [-0.25, -0.2) is 0 Å². The molecule has 1 aromatic carbocycles. The zero-order valence-electron chi connectivity index (χ0n) is 6.24.